The maximum Gasteiger partial charge on any atom is 0.264 e. The summed E-state index contributed by atoms with van der Waals surface area (Å²) in [4.78, 5) is 25.1. The third kappa shape index (κ3) is 4.75. The fourth-order valence-electron chi connectivity index (χ4n) is 3.33. The summed E-state index contributed by atoms with van der Waals surface area (Å²) in [7, 11) is -3.86. The second-order valence-electron chi connectivity index (χ2n) is 7.48. The molecule has 32 heavy (non-hydrogen) atoms. The van der Waals surface area contributed by atoms with Crippen molar-refractivity contribution in [1.29, 1.82) is 0 Å². The molecular weight excluding hydrogens is 428 g/mol. The summed E-state index contributed by atoms with van der Waals surface area (Å²) in [5, 5.41) is 2.76. The molecule has 3 heterocycles. The number of aryl methyl sites for hydroxylation is 3. The first-order valence-electron chi connectivity index (χ1n) is 9.88. The van der Waals surface area contributed by atoms with Gasteiger partial charge in [0.2, 0.25) is 11.9 Å². The van der Waals surface area contributed by atoms with E-state index in [0.717, 1.165) is 11.2 Å². The molecule has 0 radical (unpaired) electrons. The Morgan fingerprint density at radius 2 is 1.69 bits per heavy atom. The molecule has 10 heteroatoms. The van der Waals surface area contributed by atoms with Crippen LogP contribution in [0.15, 0.2) is 59.8 Å². The van der Waals surface area contributed by atoms with Crippen LogP contribution >= 0.6 is 0 Å². The second-order valence-corrected chi connectivity index (χ2v) is 9.17. The Bertz CT molecular complexity index is 1390. The van der Waals surface area contributed by atoms with Gasteiger partial charge in [-0.2, -0.15) is 0 Å². The zero-order chi connectivity index (χ0) is 22.9. The Kier molecular flexibility index (Phi) is 5.62. The van der Waals surface area contributed by atoms with Crippen molar-refractivity contribution in [1.82, 2.24) is 19.4 Å². The molecule has 0 atom stereocenters. The fraction of sp³-hybridized carbons (Fsp3) is 0.182. The zero-order valence-corrected chi connectivity index (χ0v) is 18.6. The maximum atomic E-state index is 12.6. The Morgan fingerprint density at radius 1 is 1.00 bits per heavy atom. The van der Waals surface area contributed by atoms with Crippen LogP contribution in [-0.4, -0.2) is 33.7 Å². The van der Waals surface area contributed by atoms with Gasteiger partial charge in [0.1, 0.15) is 5.65 Å². The van der Waals surface area contributed by atoms with Gasteiger partial charge in [-0.3, -0.25) is 4.79 Å². The lowest BCUT2D eigenvalue weighted by molar-refractivity contribution is -0.115. The number of fused-ring (bicyclic) bond motifs is 1. The second kappa shape index (κ2) is 8.39. The van der Waals surface area contributed by atoms with Gasteiger partial charge < -0.3 is 9.72 Å². The topological polar surface area (TPSA) is 118 Å². The molecule has 0 aliphatic carbocycles. The molecule has 4 aromatic rings. The van der Waals surface area contributed by atoms with Gasteiger partial charge in [0.05, 0.1) is 17.0 Å². The van der Waals surface area contributed by atoms with Gasteiger partial charge >= 0.3 is 0 Å². The third-order valence-corrected chi connectivity index (χ3v) is 6.07. The van der Waals surface area contributed by atoms with Gasteiger partial charge in [0, 0.05) is 29.5 Å². The standard InChI is InChI=1S/C22H22N6O3S/c1-14-5-4-10-28-13-18(26-21(14)28)12-20(29)25-17-6-8-19(9-7-17)32(30,31)27-22-23-15(2)11-16(3)24-22/h4-11,13H,12H2,1-3H3,(H,25,29)(H,23,24,27). The fourth-order valence-corrected chi connectivity index (χ4v) is 4.27. The summed E-state index contributed by atoms with van der Waals surface area (Å²) in [5.74, 6) is -0.231. The molecule has 3 aromatic heterocycles. The summed E-state index contributed by atoms with van der Waals surface area (Å²) < 4.78 is 29.5. The first-order valence-corrected chi connectivity index (χ1v) is 11.4. The van der Waals surface area contributed by atoms with Crippen molar-refractivity contribution in [2.24, 2.45) is 0 Å². The molecule has 0 unspecified atom stereocenters. The number of rotatable bonds is 6. The zero-order valence-electron chi connectivity index (χ0n) is 17.8. The highest BCUT2D eigenvalue weighted by Gasteiger charge is 2.16. The Labute approximate surface area is 185 Å². The van der Waals surface area contributed by atoms with Crippen LogP contribution in [0, 0.1) is 20.8 Å². The number of anilines is 2. The van der Waals surface area contributed by atoms with E-state index in [2.05, 4.69) is 25.0 Å². The predicted octanol–water partition coefficient (Wildman–Crippen LogP) is 3.03. The van der Waals surface area contributed by atoms with Crippen molar-refractivity contribution in [2.75, 3.05) is 10.0 Å². The average molecular weight is 451 g/mol. The van der Waals surface area contributed by atoms with Crippen LogP contribution in [0.4, 0.5) is 11.6 Å². The number of hydrogen-bond donors (Lipinski definition) is 2. The summed E-state index contributed by atoms with van der Waals surface area (Å²) in [6.45, 7) is 5.48. The molecular formula is C22H22N6O3S. The van der Waals surface area contributed by atoms with Crippen molar-refractivity contribution in [3.05, 3.63) is 77.5 Å². The molecule has 0 saturated heterocycles. The van der Waals surface area contributed by atoms with Gasteiger partial charge in [-0.15, -0.1) is 0 Å². The minimum absolute atomic E-state index is 0.0163. The number of benzene rings is 1. The van der Waals surface area contributed by atoms with E-state index in [9.17, 15) is 13.2 Å². The van der Waals surface area contributed by atoms with E-state index in [1.54, 1.807) is 19.9 Å². The summed E-state index contributed by atoms with van der Waals surface area (Å²) in [5.41, 5.74) is 4.29. The molecule has 0 bridgehead atoms. The van der Waals surface area contributed by atoms with E-state index < -0.39 is 10.0 Å². The van der Waals surface area contributed by atoms with Crippen LogP contribution in [0.1, 0.15) is 22.6 Å². The van der Waals surface area contributed by atoms with E-state index in [1.165, 1.54) is 24.3 Å². The van der Waals surface area contributed by atoms with E-state index in [-0.39, 0.29) is 23.2 Å². The van der Waals surface area contributed by atoms with Gasteiger partial charge in [0.25, 0.3) is 10.0 Å². The van der Waals surface area contributed by atoms with Crippen molar-refractivity contribution in [3.8, 4) is 0 Å². The van der Waals surface area contributed by atoms with E-state index in [0.29, 0.717) is 22.8 Å². The number of amides is 1. The average Bonchev–Trinajstić information content (AvgIpc) is 3.11. The van der Waals surface area contributed by atoms with Gasteiger partial charge in [0.15, 0.2) is 0 Å². The Hall–Kier alpha value is -3.79. The maximum absolute atomic E-state index is 12.6. The summed E-state index contributed by atoms with van der Waals surface area (Å²) >= 11 is 0. The van der Waals surface area contributed by atoms with Crippen LogP contribution < -0.4 is 10.0 Å². The van der Waals surface area contributed by atoms with Crippen molar-refractivity contribution < 1.29 is 13.2 Å². The van der Waals surface area contributed by atoms with Crippen molar-refractivity contribution in [2.45, 2.75) is 32.1 Å². The molecule has 2 N–H and O–H groups in total. The molecule has 0 aliphatic heterocycles. The summed E-state index contributed by atoms with van der Waals surface area (Å²) in [6, 6.07) is 11.5. The lowest BCUT2D eigenvalue weighted by atomic mass is 10.3. The number of carbonyl (C=O) groups excluding carboxylic acids is 1. The molecule has 0 spiro atoms. The highest BCUT2D eigenvalue weighted by atomic mass is 32.2. The largest absolute Gasteiger partial charge is 0.326 e. The smallest absolute Gasteiger partial charge is 0.264 e. The Morgan fingerprint density at radius 3 is 2.34 bits per heavy atom. The van der Waals surface area contributed by atoms with Crippen LogP contribution in [0.2, 0.25) is 0 Å². The van der Waals surface area contributed by atoms with Crippen LogP contribution in [-0.2, 0) is 21.2 Å². The number of hydrogen-bond acceptors (Lipinski definition) is 6. The van der Waals surface area contributed by atoms with E-state index in [1.807, 2.05) is 35.9 Å². The minimum Gasteiger partial charge on any atom is -0.326 e. The van der Waals surface area contributed by atoms with Gasteiger partial charge in [-0.1, -0.05) is 6.07 Å². The molecule has 164 valence electrons. The molecule has 9 nitrogen and oxygen atoms in total. The number of pyridine rings is 1. The predicted molar refractivity (Wildman–Crippen MR) is 121 cm³/mol. The third-order valence-electron chi connectivity index (χ3n) is 4.73. The number of carbonyl (C=O) groups is 1. The molecule has 4 rings (SSSR count). The summed E-state index contributed by atoms with van der Waals surface area (Å²) in [6.07, 6.45) is 3.80. The number of sulfonamides is 1. The number of aromatic nitrogens is 4. The number of imidazole rings is 1. The van der Waals surface area contributed by atoms with E-state index >= 15 is 0 Å². The van der Waals surface area contributed by atoms with Gasteiger partial charge in [-0.05, 0) is 62.7 Å². The first kappa shape index (κ1) is 21.4. The SMILES string of the molecule is Cc1cc(C)nc(NS(=O)(=O)c2ccc(NC(=O)Cc3cn4cccc(C)c4n3)cc2)n1. The quantitative estimate of drug-likeness (QED) is 0.466. The van der Waals surface area contributed by atoms with Crippen LogP contribution in [0.25, 0.3) is 5.65 Å². The monoisotopic (exact) mass is 450 g/mol. The molecule has 0 aliphatic rings. The van der Waals surface area contributed by atoms with Crippen molar-refractivity contribution >= 4 is 33.2 Å². The number of nitrogens with one attached hydrogen (secondary N) is 2. The normalized spacial score (nSPS) is 11.5. The molecule has 0 fully saturated rings. The lowest BCUT2D eigenvalue weighted by Crippen LogP contribution is -2.16. The number of nitrogens with zero attached hydrogens (tertiary/aromatic N) is 4. The van der Waals surface area contributed by atoms with Crippen molar-refractivity contribution in [3.63, 3.8) is 0 Å². The first-order chi connectivity index (χ1) is 15.2. The highest BCUT2D eigenvalue weighted by molar-refractivity contribution is 7.92. The Balaban J connectivity index is 1.43. The molecule has 0 saturated carbocycles. The van der Waals surface area contributed by atoms with Crippen LogP contribution in [0.3, 0.4) is 0 Å². The minimum atomic E-state index is -3.86. The van der Waals surface area contributed by atoms with Gasteiger partial charge in [-0.25, -0.2) is 28.1 Å². The lowest BCUT2D eigenvalue weighted by Gasteiger charge is -2.09. The van der Waals surface area contributed by atoms with E-state index in [4.69, 9.17) is 0 Å². The molecule has 1 aromatic carbocycles. The molecule has 1 amide bonds. The van der Waals surface area contributed by atoms with Crippen LogP contribution in [0.5, 0.6) is 0 Å². The highest BCUT2D eigenvalue weighted by Crippen LogP contribution is 2.18.